The summed E-state index contributed by atoms with van der Waals surface area (Å²) < 4.78 is 0. The van der Waals surface area contributed by atoms with Crippen molar-refractivity contribution in [3.63, 3.8) is 0 Å². The van der Waals surface area contributed by atoms with Gasteiger partial charge in [0.2, 0.25) is 0 Å². The van der Waals surface area contributed by atoms with Gasteiger partial charge in [0.1, 0.15) is 0 Å². The van der Waals surface area contributed by atoms with Crippen LogP contribution in [0.15, 0.2) is 11.4 Å². The van der Waals surface area contributed by atoms with Crippen LogP contribution in [0.4, 0.5) is 0 Å². The summed E-state index contributed by atoms with van der Waals surface area (Å²) in [5, 5.41) is 2.21. The predicted octanol–water partition coefficient (Wildman–Crippen LogP) is 3.82. The van der Waals surface area contributed by atoms with Gasteiger partial charge in [0.25, 0.3) is 0 Å². The highest BCUT2D eigenvalue weighted by Crippen LogP contribution is 2.25. The fraction of sp³-hybridized carbons (Fsp3) is 0.600. The Morgan fingerprint density at radius 2 is 2.18 bits per heavy atom. The van der Waals surface area contributed by atoms with Crippen molar-refractivity contribution in [2.75, 3.05) is 0 Å². The van der Waals surface area contributed by atoms with E-state index in [2.05, 4.69) is 32.2 Å². The molecule has 0 atom stereocenters. The normalized spacial score (nSPS) is 10.9. The number of aryl methyl sites for hydroxylation is 1. The van der Waals surface area contributed by atoms with Crippen molar-refractivity contribution in [1.82, 2.24) is 0 Å². The van der Waals surface area contributed by atoms with E-state index < -0.39 is 0 Å². The zero-order valence-electron chi connectivity index (χ0n) is 7.55. The van der Waals surface area contributed by atoms with E-state index in [1.54, 1.807) is 10.4 Å². The van der Waals surface area contributed by atoms with Crippen molar-refractivity contribution in [3.05, 3.63) is 21.9 Å². The fourth-order valence-corrected chi connectivity index (χ4v) is 2.44. The number of hydrogen-bond acceptors (Lipinski definition) is 1. The molecule has 1 rings (SSSR count). The highest BCUT2D eigenvalue weighted by atomic mass is 32.1. The van der Waals surface area contributed by atoms with Crippen molar-refractivity contribution >= 4 is 11.3 Å². The Morgan fingerprint density at radius 1 is 1.45 bits per heavy atom. The Kier molecular flexibility index (Phi) is 3.13. The molecule has 0 nitrogen and oxygen atoms in total. The average Bonchev–Trinajstić information content (AvgIpc) is 2.36. The van der Waals surface area contributed by atoms with E-state index in [1.807, 2.05) is 11.3 Å². The zero-order valence-corrected chi connectivity index (χ0v) is 8.37. The Bertz CT molecular complexity index is 210. The second kappa shape index (κ2) is 3.91. The quantitative estimate of drug-likeness (QED) is 0.643. The van der Waals surface area contributed by atoms with Crippen LogP contribution in [0.5, 0.6) is 0 Å². The van der Waals surface area contributed by atoms with Gasteiger partial charge in [0.15, 0.2) is 0 Å². The average molecular weight is 168 g/mol. The van der Waals surface area contributed by atoms with E-state index in [1.165, 1.54) is 12.8 Å². The van der Waals surface area contributed by atoms with Crippen LogP contribution in [-0.4, -0.2) is 0 Å². The molecule has 0 aromatic carbocycles. The minimum atomic E-state index is 0.697. The van der Waals surface area contributed by atoms with Crippen LogP contribution in [0.3, 0.4) is 0 Å². The van der Waals surface area contributed by atoms with Gasteiger partial charge >= 0.3 is 0 Å². The van der Waals surface area contributed by atoms with E-state index in [0.29, 0.717) is 5.92 Å². The first-order valence-corrected chi connectivity index (χ1v) is 5.20. The zero-order chi connectivity index (χ0) is 8.27. The van der Waals surface area contributed by atoms with Gasteiger partial charge in [-0.1, -0.05) is 27.2 Å². The predicted molar refractivity (Wildman–Crippen MR) is 52.4 cm³/mol. The molecule has 1 aromatic rings. The second-order valence-electron chi connectivity index (χ2n) is 3.20. The Morgan fingerprint density at radius 3 is 2.73 bits per heavy atom. The minimum absolute atomic E-state index is 0.697. The molecule has 0 N–H and O–H groups in total. The smallest absolute Gasteiger partial charge is 0.00797 e. The van der Waals surface area contributed by atoms with E-state index >= 15 is 0 Å². The lowest BCUT2D eigenvalue weighted by molar-refractivity contribution is 0.836. The van der Waals surface area contributed by atoms with Crippen LogP contribution < -0.4 is 0 Å². The Balaban J connectivity index is 2.78. The van der Waals surface area contributed by atoms with Crippen molar-refractivity contribution in [3.8, 4) is 0 Å². The van der Waals surface area contributed by atoms with Gasteiger partial charge in [-0.25, -0.2) is 0 Å². The molecule has 0 aliphatic rings. The topological polar surface area (TPSA) is 0 Å². The maximum absolute atomic E-state index is 2.27. The van der Waals surface area contributed by atoms with Crippen LogP contribution in [0.1, 0.15) is 43.6 Å². The summed E-state index contributed by atoms with van der Waals surface area (Å²) in [4.78, 5) is 1.59. The maximum atomic E-state index is 2.27. The molecule has 0 saturated carbocycles. The van der Waals surface area contributed by atoms with Crippen LogP contribution in [-0.2, 0) is 6.42 Å². The van der Waals surface area contributed by atoms with Gasteiger partial charge in [-0.05, 0) is 29.3 Å². The molecule has 0 radical (unpaired) electrons. The van der Waals surface area contributed by atoms with E-state index in [0.717, 1.165) is 0 Å². The molecule has 1 heterocycles. The second-order valence-corrected chi connectivity index (χ2v) is 4.20. The summed E-state index contributed by atoms with van der Waals surface area (Å²) in [5.41, 5.74) is 1.55. The molecule has 0 saturated heterocycles. The molecular formula is C10H16S. The Labute approximate surface area is 73.3 Å². The molecule has 0 aliphatic heterocycles. The molecule has 0 bridgehead atoms. The summed E-state index contributed by atoms with van der Waals surface area (Å²) in [5.74, 6) is 0.697. The monoisotopic (exact) mass is 168 g/mol. The van der Waals surface area contributed by atoms with Crippen molar-refractivity contribution in [2.45, 2.75) is 39.5 Å². The van der Waals surface area contributed by atoms with Crippen molar-refractivity contribution in [2.24, 2.45) is 0 Å². The van der Waals surface area contributed by atoms with Crippen molar-refractivity contribution in [1.29, 1.82) is 0 Å². The standard InChI is InChI=1S/C10H16S/c1-4-5-10-9(8(2)3)6-7-11-10/h6-8H,4-5H2,1-3H3. The lowest BCUT2D eigenvalue weighted by atomic mass is 10.0. The molecule has 11 heavy (non-hydrogen) atoms. The van der Waals surface area contributed by atoms with Crippen LogP contribution in [0, 0.1) is 0 Å². The highest BCUT2D eigenvalue weighted by Gasteiger charge is 2.05. The molecule has 1 aromatic heterocycles. The molecule has 0 unspecified atom stereocenters. The first-order valence-electron chi connectivity index (χ1n) is 4.32. The van der Waals surface area contributed by atoms with E-state index in [9.17, 15) is 0 Å². The van der Waals surface area contributed by atoms with Crippen molar-refractivity contribution < 1.29 is 0 Å². The van der Waals surface area contributed by atoms with Gasteiger partial charge in [0.05, 0.1) is 0 Å². The summed E-state index contributed by atoms with van der Waals surface area (Å²) in [6.45, 7) is 6.77. The summed E-state index contributed by atoms with van der Waals surface area (Å²) >= 11 is 1.90. The first kappa shape index (κ1) is 8.79. The van der Waals surface area contributed by atoms with Crippen LogP contribution in [0.2, 0.25) is 0 Å². The molecule has 0 fully saturated rings. The fourth-order valence-electron chi connectivity index (χ4n) is 1.30. The molecule has 1 heteroatoms. The van der Waals surface area contributed by atoms with Crippen LogP contribution >= 0.6 is 11.3 Å². The molecule has 62 valence electrons. The van der Waals surface area contributed by atoms with Crippen LogP contribution in [0.25, 0.3) is 0 Å². The third kappa shape index (κ3) is 2.06. The third-order valence-electron chi connectivity index (χ3n) is 1.88. The van der Waals surface area contributed by atoms with Gasteiger partial charge in [-0.2, -0.15) is 0 Å². The molecule has 0 amide bonds. The summed E-state index contributed by atoms with van der Waals surface area (Å²) in [7, 11) is 0. The molecular weight excluding hydrogens is 152 g/mol. The largest absolute Gasteiger partial charge is 0.149 e. The Hall–Kier alpha value is -0.300. The van der Waals surface area contributed by atoms with Gasteiger partial charge < -0.3 is 0 Å². The highest BCUT2D eigenvalue weighted by molar-refractivity contribution is 7.10. The molecule has 0 spiro atoms. The number of rotatable bonds is 3. The van der Waals surface area contributed by atoms with E-state index in [4.69, 9.17) is 0 Å². The van der Waals surface area contributed by atoms with Gasteiger partial charge in [0, 0.05) is 4.88 Å². The molecule has 0 aliphatic carbocycles. The van der Waals surface area contributed by atoms with Gasteiger partial charge in [-0.15, -0.1) is 11.3 Å². The minimum Gasteiger partial charge on any atom is -0.149 e. The first-order chi connectivity index (χ1) is 5.25. The lowest BCUT2D eigenvalue weighted by Gasteiger charge is -2.04. The number of thiophene rings is 1. The number of hydrogen-bond donors (Lipinski definition) is 0. The van der Waals surface area contributed by atoms with Gasteiger partial charge in [-0.3, -0.25) is 0 Å². The lowest BCUT2D eigenvalue weighted by Crippen LogP contribution is -1.89. The van der Waals surface area contributed by atoms with E-state index in [-0.39, 0.29) is 0 Å². The third-order valence-corrected chi connectivity index (χ3v) is 2.88. The maximum Gasteiger partial charge on any atom is 0.00797 e. The SMILES string of the molecule is CCCc1sccc1C(C)C. The summed E-state index contributed by atoms with van der Waals surface area (Å²) in [6.07, 6.45) is 2.52. The summed E-state index contributed by atoms with van der Waals surface area (Å²) in [6, 6.07) is 2.26.